The molecule has 0 aliphatic rings. The van der Waals surface area contributed by atoms with Crippen LogP contribution in [-0.4, -0.2) is 17.6 Å². The SMILES string of the molecule is CCCCCCNc1ccc(C(=O)O)cc1N. The average Bonchev–Trinajstić information content (AvgIpc) is 2.30. The van der Waals surface area contributed by atoms with Crippen molar-refractivity contribution >= 4 is 17.3 Å². The Kier molecular flexibility index (Phi) is 5.33. The molecule has 4 nitrogen and oxygen atoms in total. The number of hydrogen-bond donors (Lipinski definition) is 3. The summed E-state index contributed by atoms with van der Waals surface area (Å²) in [6.45, 7) is 3.05. The fourth-order valence-electron chi connectivity index (χ4n) is 1.63. The van der Waals surface area contributed by atoms with Crippen molar-refractivity contribution in [1.29, 1.82) is 0 Å². The summed E-state index contributed by atoms with van der Waals surface area (Å²) in [6.07, 6.45) is 4.77. The van der Waals surface area contributed by atoms with E-state index in [0.717, 1.165) is 18.7 Å². The first-order chi connectivity index (χ1) is 8.15. The number of nitrogen functional groups attached to an aromatic ring is 1. The lowest BCUT2D eigenvalue weighted by Crippen LogP contribution is -2.06. The Hall–Kier alpha value is -1.71. The first-order valence-electron chi connectivity index (χ1n) is 6.02. The van der Waals surface area contributed by atoms with Gasteiger partial charge in [-0.3, -0.25) is 0 Å². The maximum Gasteiger partial charge on any atom is 0.335 e. The van der Waals surface area contributed by atoms with E-state index in [1.165, 1.54) is 25.3 Å². The lowest BCUT2D eigenvalue weighted by atomic mass is 10.1. The smallest absolute Gasteiger partial charge is 0.335 e. The number of nitrogens with one attached hydrogen (secondary N) is 1. The van der Waals surface area contributed by atoms with Crippen LogP contribution in [0.4, 0.5) is 11.4 Å². The molecule has 0 saturated heterocycles. The number of carboxylic acids is 1. The van der Waals surface area contributed by atoms with E-state index in [9.17, 15) is 4.79 Å². The fourth-order valence-corrected chi connectivity index (χ4v) is 1.63. The molecular weight excluding hydrogens is 216 g/mol. The number of aromatic carboxylic acids is 1. The molecule has 0 fully saturated rings. The average molecular weight is 236 g/mol. The minimum atomic E-state index is -0.953. The molecule has 0 unspecified atom stereocenters. The Morgan fingerprint density at radius 2 is 2.12 bits per heavy atom. The number of anilines is 2. The first kappa shape index (κ1) is 13.4. The Balaban J connectivity index is 2.46. The van der Waals surface area contributed by atoms with Crippen molar-refractivity contribution in [3.05, 3.63) is 23.8 Å². The Morgan fingerprint density at radius 3 is 2.71 bits per heavy atom. The molecule has 0 heterocycles. The second-order valence-electron chi connectivity index (χ2n) is 4.09. The van der Waals surface area contributed by atoms with Crippen molar-refractivity contribution in [2.24, 2.45) is 0 Å². The Morgan fingerprint density at radius 1 is 1.35 bits per heavy atom. The van der Waals surface area contributed by atoms with Crippen molar-refractivity contribution in [3.8, 4) is 0 Å². The van der Waals surface area contributed by atoms with Gasteiger partial charge in [-0.15, -0.1) is 0 Å². The molecule has 4 heteroatoms. The molecule has 0 amide bonds. The number of rotatable bonds is 7. The number of unbranched alkanes of at least 4 members (excludes halogenated alkanes) is 3. The predicted octanol–water partition coefficient (Wildman–Crippen LogP) is 2.96. The van der Waals surface area contributed by atoms with Gasteiger partial charge in [-0.1, -0.05) is 26.2 Å². The first-order valence-corrected chi connectivity index (χ1v) is 6.02. The molecule has 0 aliphatic carbocycles. The molecule has 4 N–H and O–H groups in total. The lowest BCUT2D eigenvalue weighted by molar-refractivity contribution is 0.0697. The zero-order chi connectivity index (χ0) is 12.7. The summed E-state index contributed by atoms with van der Waals surface area (Å²) in [7, 11) is 0. The number of carboxylic acid groups (broad SMARTS) is 1. The molecule has 0 saturated carbocycles. The van der Waals surface area contributed by atoms with E-state index in [1.54, 1.807) is 12.1 Å². The van der Waals surface area contributed by atoms with Gasteiger partial charge >= 0.3 is 5.97 Å². The molecule has 94 valence electrons. The molecule has 0 spiro atoms. The van der Waals surface area contributed by atoms with Gasteiger partial charge in [0.15, 0.2) is 0 Å². The topological polar surface area (TPSA) is 75.3 Å². The van der Waals surface area contributed by atoms with Gasteiger partial charge in [0.2, 0.25) is 0 Å². The predicted molar refractivity (Wildman–Crippen MR) is 70.4 cm³/mol. The van der Waals surface area contributed by atoms with Gasteiger partial charge < -0.3 is 16.2 Å². The van der Waals surface area contributed by atoms with Crippen LogP contribution in [0.25, 0.3) is 0 Å². The van der Waals surface area contributed by atoms with Crippen molar-refractivity contribution in [3.63, 3.8) is 0 Å². The molecular formula is C13H20N2O2. The molecule has 0 radical (unpaired) electrons. The maximum absolute atomic E-state index is 10.7. The third kappa shape index (κ3) is 4.34. The normalized spacial score (nSPS) is 10.2. The van der Waals surface area contributed by atoms with Crippen molar-refractivity contribution in [2.45, 2.75) is 32.6 Å². The van der Waals surface area contributed by atoms with Crippen LogP contribution >= 0.6 is 0 Å². The minimum absolute atomic E-state index is 0.221. The van der Waals surface area contributed by atoms with E-state index in [0.29, 0.717) is 5.69 Å². The molecule has 1 rings (SSSR count). The lowest BCUT2D eigenvalue weighted by Gasteiger charge is -2.09. The van der Waals surface area contributed by atoms with Crippen molar-refractivity contribution < 1.29 is 9.90 Å². The van der Waals surface area contributed by atoms with Crippen molar-refractivity contribution in [2.75, 3.05) is 17.6 Å². The highest BCUT2D eigenvalue weighted by atomic mass is 16.4. The van der Waals surface area contributed by atoms with E-state index >= 15 is 0 Å². The largest absolute Gasteiger partial charge is 0.478 e. The number of benzene rings is 1. The summed E-state index contributed by atoms with van der Waals surface area (Å²) in [5.41, 5.74) is 7.29. The molecule has 17 heavy (non-hydrogen) atoms. The molecule has 0 aromatic heterocycles. The number of carbonyl (C=O) groups is 1. The van der Waals surface area contributed by atoms with Gasteiger partial charge in [0, 0.05) is 6.54 Å². The van der Waals surface area contributed by atoms with Crippen molar-refractivity contribution in [1.82, 2.24) is 0 Å². The fraction of sp³-hybridized carbons (Fsp3) is 0.462. The van der Waals surface area contributed by atoms with Gasteiger partial charge in [0.1, 0.15) is 0 Å². The summed E-state index contributed by atoms with van der Waals surface area (Å²) >= 11 is 0. The van der Waals surface area contributed by atoms with Gasteiger partial charge in [-0.2, -0.15) is 0 Å². The highest BCUT2D eigenvalue weighted by Gasteiger charge is 2.05. The van der Waals surface area contributed by atoms with Crippen LogP contribution in [-0.2, 0) is 0 Å². The molecule has 1 aromatic rings. The summed E-state index contributed by atoms with van der Waals surface area (Å²) < 4.78 is 0. The molecule has 0 atom stereocenters. The zero-order valence-corrected chi connectivity index (χ0v) is 10.2. The molecule has 1 aromatic carbocycles. The van der Waals surface area contributed by atoms with Crippen LogP contribution in [0.1, 0.15) is 43.0 Å². The van der Waals surface area contributed by atoms with E-state index in [4.69, 9.17) is 10.8 Å². The van der Waals surface area contributed by atoms with Gasteiger partial charge in [-0.05, 0) is 24.6 Å². The summed E-state index contributed by atoms with van der Waals surface area (Å²) in [6, 6.07) is 4.77. The van der Waals surface area contributed by atoms with E-state index < -0.39 is 5.97 Å². The molecule has 0 bridgehead atoms. The minimum Gasteiger partial charge on any atom is -0.478 e. The molecule has 0 aliphatic heterocycles. The van der Waals surface area contributed by atoms with Crippen LogP contribution < -0.4 is 11.1 Å². The maximum atomic E-state index is 10.7. The summed E-state index contributed by atoms with van der Waals surface area (Å²) in [4.78, 5) is 10.7. The van der Waals surface area contributed by atoms with Gasteiger partial charge in [-0.25, -0.2) is 4.79 Å². The summed E-state index contributed by atoms with van der Waals surface area (Å²) in [5.74, 6) is -0.953. The van der Waals surface area contributed by atoms with Gasteiger partial charge in [0.05, 0.1) is 16.9 Å². The van der Waals surface area contributed by atoms with Crippen LogP contribution in [0.3, 0.4) is 0 Å². The van der Waals surface area contributed by atoms with E-state index in [1.807, 2.05) is 0 Å². The highest BCUT2D eigenvalue weighted by molar-refractivity contribution is 5.90. The number of hydrogen-bond acceptors (Lipinski definition) is 3. The monoisotopic (exact) mass is 236 g/mol. The van der Waals surface area contributed by atoms with Crippen LogP contribution in [0.15, 0.2) is 18.2 Å². The second-order valence-corrected chi connectivity index (χ2v) is 4.09. The van der Waals surface area contributed by atoms with Gasteiger partial charge in [0.25, 0.3) is 0 Å². The van der Waals surface area contributed by atoms with Crippen LogP contribution in [0, 0.1) is 0 Å². The van der Waals surface area contributed by atoms with Crippen LogP contribution in [0.2, 0.25) is 0 Å². The Labute approximate surface area is 102 Å². The quantitative estimate of drug-likeness (QED) is 0.502. The summed E-state index contributed by atoms with van der Waals surface area (Å²) in [5, 5.41) is 12.0. The number of nitrogens with two attached hydrogens (primary N) is 1. The second kappa shape index (κ2) is 6.78. The Bertz CT molecular complexity index is 378. The van der Waals surface area contributed by atoms with Crippen LogP contribution in [0.5, 0.6) is 0 Å². The van der Waals surface area contributed by atoms with E-state index in [2.05, 4.69) is 12.2 Å². The standard InChI is InChI=1S/C13H20N2O2/c1-2-3-4-5-8-15-12-7-6-10(13(16)17)9-11(12)14/h6-7,9,15H,2-5,8,14H2,1H3,(H,16,17). The zero-order valence-electron chi connectivity index (χ0n) is 10.2. The van der Waals surface area contributed by atoms with E-state index in [-0.39, 0.29) is 5.56 Å². The highest BCUT2D eigenvalue weighted by Crippen LogP contribution is 2.20. The third-order valence-electron chi connectivity index (χ3n) is 2.64. The third-order valence-corrected chi connectivity index (χ3v) is 2.64.